The number of nitrogens with zero attached hydrogens (tertiary/aromatic N) is 4. The summed E-state index contributed by atoms with van der Waals surface area (Å²) in [6, 6.07) is 1.84. The highest BCUT2D eigenvalue weighted by molar-refractivity contribution is 5.50. The number of hydrogen-bond donors (Lipinski definition) is 1. The molecule has 0 aromatic carbocycles. The van der Waals surface area contributed by atoms with Crippen molar-refractivity contribution in [2.45, 2.75) is 26.9 Å². The second-order valence-electron chi connectivity index (χ2n) is 4.15. The molecule has 0 aliphatic carbocycles. The van der Waals surface area contributed by atoms with Crippen LogP contribution in [-0.4, -0.2) is 19.9 Å². The molecule has 5 nitrogen and oxygen atoms in total. The molecule has 0 saturated carbocycles. The third-order valence-electron chi connectivity index (χ3n) is 2.90. The predicted octanol–water partition coefficient (Wildman–Crippen LogP) is 1.15. The molecule has 0 radical (unpaired) electrons. The van der Waals surface area contributed by atoms with Gasteiger partial charge in [-0.1, -0.05) is 0 Å². The van der Waals surface area contributed by atoms with Gasteiger partial charge in [0.15, 0.2) is 5.82 Å². The molecule has 1 aliphatic rings. The Morgan fingerprint density at radius 3 is 2.82 bits per heavy atom. The van der Waals surface area contributed by atoms with E-state index in [2.05, 4.69) is 25.3 Å². The summed E-state index contributed by atoms with van der Waals surface area (Å²) in [4.78, 5) is 17.5. The minimum Gasteiger partial charge on any atom is -0.307 e. The van der Waals surface area contributed by atoms with Crippen LogP contribution in [0.1, 0.15) is 22.8 Å². The molecule has 0 spiro atoms. The van der Waals surface area contributed by atoms with E-state index in [9.17, 15) is 0 Å². The van der Waals surface area contributed by atoms with Crippen molar-refractivity contribution in [2.24, 2.45) is 0 Å². The molecule has 86 valence electrons. The third kappa shape index (κ3) is 1.78. The van der Waals surface area contributed by atoms with E-state index >= 15 is 0 Å². The van der Waals surface area contributed by atoms with Crippen molar-refractivity contribution in [1.29, 1.82) is 0 Å². The maximum atomic E-state index is 4.56. The van der Waals surface area contributed by atoms with Crippen LogP contribution in [0.15, 0.2) is 12.3 Å². The van der Waals surface area contributed by atoms with E-state index in [0.29, 0.717) is 5.82 Å². The lowest BCUT2D eigenvalue weighted by Gasteiger charge is -2.05. The van der Waals surface area contributed by atoms with Gasteiger partial charge >= 0.3 is 0 Å². The largest absolute Gasteiger partial charge is 0.307 e. The second-order valence-corrected chi connectivity index (χ2v) is 4.15. The molecule has 0 saturated heterocycles. The minimum absolute atomic E-state index is 0.690. The number of aromatic nitrogens is 4. The van der Waals surface area contributed by atoms with Crippen LogP contribution in [0.4, 0.5) is 0 Å². The van der Waals surface area contributed by atoms with E-state index < -0.39 is 0 Å². The molecule has 1 N–H and O–H groups in total. The molecular formula is C12H13N5. The first-order chi connectivity index (χ1) is 8.24. The van der Waals surface area contributed by atoms with Crippen LogP contribution in [0.3, 0.4) is 0 Å². The van der Waals surface area contributed by atoms with Gasteiger partial charge in [-0.15, -0.1) is 0 Å². The fraction of sp³-hybridized carbons (Fsp3) is 0.333. The Labute approximate surface area is 99.4 Å². The summed E-state index contributed by atoms with van der Waals surface area (Å²) >= 11 is 0. The Balaban J connectivity index is 2.13. The first-order valence-electron chi connectivity index (χ1n) is 5.61. The maximum absolute atomic E-state index is 4.56. The van der Waals surface area contributed by atoms with Gasteiger partial charge in [-0.25, -0.2) is 19.9 Å². The fourth-order valence-corrected chi connectivity index (χ4v) is 2.03. The van der Waals surface area contributed by atoms with Gasteiger partial charge in [0.25, 0.3) is 0 Å². The van der Waals surface area contributed by atoms with E-state index in [-0.39, 0.29) is 0 Å². The molecule has 2 aromatic rings. The molecule has 2 aromatic heterocycles. The fourth-order valence-electron chi connectivity index (χ4n) is 2.03. The van der Waals surface area contributed by atoms with Crippen molar-refractivity contribution in [1.82, 2.24) is 25.3 Å². The summed E-state index contributed by atoms with van der Waals surface area (Å²) in [6.07, 6.45) is 1.74. The molecule has 0 fully saturated rings. The van der Waals surface area contributed by atoms with E-state index in [1.807, 2.05) is 19.9 Å². The zero-order chi connectivity index (χ0) is 11.8. The van der Waals surface area contributed by atoms with Crippen molar-refractivity contribution in [3.8, 4) is 11.5 Å². The van der Waals surface area contributed by atoms with E-state index in [1.165, 1.54) is 5.56 Å². The average Bonchev–Trinajstić information content (AvgIpc) is 2.77. The van der Waals surface area contributed by atoms with Gasteiger partial charge in [-0.3, -0.25) is 0 Å². The van der Waals surface area contributed by atoms with E-state index in [1.54, 1.807) is 6.20 Å². The SMILES string of the molecule is Cc1nccc(-c2nc(C)c3c(n2)CNC3)n1. The van der Waals surface area contributed by atoms with Crippen molar-refractivity contribution in [3.05, 3.63) is 35.0 Å². The molecule has 1 aliphatic heterocycles. The number of hydrogen-bond acceptors (Lipinski definition) is 5. The van der Waals surface area contributed by atoms with E-state index in [4.69, 9.17) is 0 Å². The number of rotatable bonds is 1. The monoisotopic (exact) mass is 227 g/mol. The third-order valence-corrected chi connectivity index (χ3v) is 2.90. The van der Waals surface area contributed by atoms with Crippen LogP contribution >= 0.6 is 0 Å². The highest BCUT2D eigenvalue weighted by Crippen LogP contribution is 2.20. The summed E-state index contributed by atoms with van der Waals surface area (Å²) in [7, 11) is 0. The normalized spacial score (nSPS) is 13.8. The quantitative estimate of drug-likeness (QED) is 0.791. The van der Waals surface area contributed by atoms with Crippen LogP contribution in [0.25, 0.3) is 11.5 Å². The molecular weight excluding hydrogens is 214 g/mol. The Kier molecular flexibility index (Phi) is 2.33. The molecule has 0 unspecified atom stereocenters. The molecule has 3 rings (SSSR count). The Morgan fingerprint density at radius 2 is 2.00 bits per heavy atom. The molecule has 0 bridgehead atoms. The van der Waals surface area contributed by atoms with Gasteiger partial charge in [-0.2, -0.15) is 0 Å². The zero-order valence-corrected chi connectivity index (χ0v) is 9.86. The Morgan fingerprint density at radius 1 is 1.12 bits per heavy atom. The minimum atomic E-state index is 0.690. The maximum Gasteiger partial charge on any atom is 0.178 e. The second kappa shape index (κ2) is 3.85. The number of fused-ring (bicyclic) bond motifs is 1. The lowest BCUT2D eigenvalue weighted by Crippen LogP contribution is -2.01. The highest BCUT2D eigenvalue weighted by Gasteiger charge is 2.17. The van der Waals surface area contributed by atoms with Crippen molar-refractivity contribution in [2.75, 3.05) is 0 Å². The molecule has 3 heterocycles. The summed E-state index contributed by atoms with van der Waals surface area (Å²) in [5, 5.41) is 3.28. The Hall–Kier alpha value is -1.88. The van der Waals surface area contributed by atoms with Gasteiger partial charge in [-0.05, 0) is 19.9 Å². The summed E-state index contributed by atoms with van der Waals surface area (Å²) in [5.41, 5.74) is 4.13. The topological polar surface area (TPSA) is 63.6 Å². The number of nitrogens with one attached hydrogen (secondary N) is 1. The van der Waals surface area contributed by atoms with E-state index in [0.717, 1.165) is 36.0 Å². The van der Waals surface area contributed by atoms with Crippen LogP contribution in [-0.2, 0) is 13.1 Å². The van der Waals surface area contributed by atoms with Crippen molar-refractivity contribution in [3.63, 3.8) is 0 Å². The van der Waals surface area contributed by atoms with Gasteiger partial charge in [0.05, 0.1) is 5.69 Å². The van der Waals surface area contributed by atoms with Crippen LogP contribution < -0.4 is 5.32 Å². The number of aryl methyl sites for hydroxylation is 2. The smallest absolute Gasteiger partial charge is 0.178 e. The lowest BCUT2D eigenvalue weighted by molar-refractivity contribution is 0.757. The predicted molar refractivity (Wildman–Crippen MR) is 63.1 cm³/mol. The highest BCUT2D eigenvalue weighted by atomic mass is 15.0. The lowest BCUT2D eigenvalue weighted by atomic mass is 10.2. The summed E-state index contributed by atoms with van der Waals surface area (Å²) < 4.78 is 0. The summed E-state index contributed by atoms with van der Waals surface area (Å²) in [6.45, 7) is 5.57. The summed E-state index contributed by atoms with van der Waals surface area (Å²) in [5.74, 6) is 1.43. The van der Waals surface area contributed by atoms with Crippen molar-refractivity contribution < 1.29 is 0 Å². The first-order valence-corrected chi connectivity index (χ1v) is 5.61. The van der Waals surface area contributed by atoms with Crippen LogP contribution in [0, 0.1) is 13.8 Å². The molecule has 17 heavy (non-hydrogen) atoms. The molecule has 0 amide bonds. The Bertz CT molecular complexity index is 579. The van der Waals surface area contributed by atoms with Crippen molar-refractivity contribution >= 4 is 0 Å². The zero-order valence-electron chi connectivity index (χ0n) is 9.86. The first kappa shape index (κ1) is 10.3. The molecule has 5 heteroatoms. The molecule has 0 atom stereocenters. The van der Waals surface area contributed by atoms with Crippen LogP contribution in [0.5, 0.6) is 0 Å². The van der Waals surface area contributed by atoms with Gasteiger partial charge < -0.3 is 5.32 Å². The standard InChI is InChI=1S/C12H13N5/c1-7-9-5-13-6-11(9)17-12(15-7)10-3-4-14-8(2)16-10/h3-4,13H,5-6H2,1-2H3. The van der Waals surface area contributed by atoms with Gasteiger partial charge in [0.1, 0.15) is 11.5 Å². The van der Waals surface area contributed by atoms with Gasteiger partial charge in [0, 0.05) is 30.5 Å². The average molecular weight is 227 g/mol. The van der Waals surface area contributed by atoms with Crippen LogP contribution in [0.2, 0.25) is 0 Å². The van der Waals surface area contributed by atoms with Gasteiger partial charge in [0.2, 0.25) is 0 Å².